The van der Waals surface area contributed by atoms with Gasteiger partial charge >= 0.3 is 0 Å². The summed E-state index contributed by atoms with van der Waals surface area (Å²) in [6.45, 7) is 5.63. The largest absolute Gasteiger partial charge is 0.378 e. The van der Waals surface area contributed by atoms with E-state index in [9.17, 15) is 24.0 Å². The van der Waals surface area contributed by atoms with Crippen molar-refractivity contribution in [2.45, 2.75) is 83.0 Å². The summed E-state index contributed by atoms with van der Waals surface area (Å²) < 4.78 is 0. The molecular weight excluding hydrogens is 498 g/mol. The number of fused-ring (bicyclic) bond motifs is 1. The third kappa shape index (κ3) is 5.79. The van der Waals surface area contributed by atoms with Gasteiger partial charge in [-0.1, -0.05) is 26.7 Å². The number of rotatable bonds is 8. The number of carbonyl (C=O) groups excluding carboxylic acids is 5. The van der Waals surface area contributed by atoms with Crippen molar-refractivity contribution in [3.63, 3.8) is 0 Å². The second-order valence-electron chi connectivity index (χ2n) is 11.8. The monoisotopic (exact) mass is 539 g/mol. The third-order valence-electron chi connectivity index (χ3n) is 8.20. The number of ketones is 1. The predicted octanol–water partition coefficient (Wildman–Crippen LogP) is 1.73. The Hall–Kier alpha value is -3.43. The molecule has 3 atom stereocenters. The maximum Gasteiger partial charge on any atom is 0.251 e. The molecule has 10 heteroatoms. The topological polar surface area (TPSA) is 119 Å². The highest BCUT2D eigenvalue weighted by molar-refractivity contribution is 6.02. The van der Waals surface area contributed by atoms with Gasteiger partial charge in [0.25, 0.3) is 5.91 Å². The van der Waals surface area contributed by atoms with Crippen LogP contribution in [0.15, 0.2) is 24.3 Å². The van der Waals surface area contributed by atoms with Crippen LogP contribution in [0.2, 0.25) is 0 Å². The minimum Gasteiger partial charge on any atom is -0.378 e. The number of hydrogen-bond donors (Lipinski definition) is 2. The number of likely N-dealkylation sites (tertiary alicyclic amines) is 2. The summed E-state index contributed by atoms with van der Waals surface area (Å²) in [6, 6.07) is 5.21. The number of hydrogen-bond acceptors (Lipinski definition) is 6. The Morgan fingerprint density at radius 2 is 1.69 bits per heavy atom. The van der Waals surface area contributed by atoms with Crippen LogP contribution in [-0.2, 0) is 19.2 Å². The van der Waals surface area contributed by atoms with Crippen LogP contribution in [0, 0.1) is 5.92 Å². The number of nitrogens with one attached hydrogen (secondary N) is 2. The van der Waals surface area contributed by atoms with Crippen molar-refractivity contribution >= 4 is 35.1 Å². The maximum absolute atomic E-state index is 13.8. The average Bonchev–Trinajstić information content (AvgIpc) is 3.60. The second-order valence-corrected chi connectivity index (χ2v) is 11.8. The molecule has 39 heavy (non-hydrogen) atoms. The Balaban J connectivity index is 1.50. The fourth-order valence-corrected chi connectivity index (χ4v) is 6.37. The number of anilines is 1. The Kier molecular flexibility index (Phi) is 8.32. The lowest BCUT2D eigenvalue weighted by Gasteiger charge is -2.35. The van der Waals surface area contributed by atoms with Crippen molar-refractivity contribution < 1.29 is 24.0 Å². The molecule has 2 heterocycles. The van der Waals surface area contributed by atoms with Crippen molar-refractivity contribution in [1.82, 2.24) is 20.4 Å². The zero-order chi connectivity index (χ0) is 28.5. The minimum absolute atomic E-state index is 0.0707. The molecule has 0 radical (unpaired) electrons. The van der Waals surface area contributed by atoms with Crippen molar-refractivity contribution in [3.8, 4) is 0 Å². The number of nitrogens with zero attached hydrogens (tertiary/aromatic N) is 3. The molecule has 1 aromatic carbocycles. The van der Waals surface area contributed by atoms with Gasteiger partial charge in [0.15, 0.2) is 5.78 Å². The molecular formula is C29H41N5O5. The standard InChI is InChI=1S/C29H41N5O5/c1-18(2)16-22(30-26(37)20-8-10-21(11-9-20)32(4)5)27(38)33-15-12-23-25(33)24(36)17-34(23)28(39)29(31-19(3)35)13-6-7-14-29/h8-11,18,22-23,25H,6-7,12-17H2,1-5H3,(H,30,37)(H,31,35). The molecule has 1 aromatic rings. The summed E-state index contributed by atoms with van der Waals surface area (Å²) >= 11 is 0. The first-order valence-electron chi connectivity index (χ1n) is 13.9. The van der Waals surface area contributed by atoms with Gasteiger partial charge in [0.1, 0.15) is 17.6 Å². The number of amides is 4. The Bertz CT molecular complexity index is 1130. The van der Waals surface area contributed by atoms with E-state index in [1.165, 1.54) is 6.92 Å². The van der Waals surface area contributed by atoms with Gasteiger partial charge in [0.2, 0.25) is 17.7 Å². The molecule has 0 spiro atoms. The van der Waals surface area contributed by atoms with E-state index in [1.807, 2.05) is 45.0 Å². The first-order valence-corrected chi connectivity index (χ1v) is 13.9. The molecule has 1 saturated carbocycles. The molecule has 10 nitrogen and oxygen atoms in total. The summed E-state index contributed by atoms with van der Waals surface area (Å²) in [4.78, 5) is 70.9. The maximum atomic E-state index is 13.8. The Labute approximate surface area is 230 Å². The average molecular weight is 540 g/mol. The third-order valence-corrected chi connectivity index (χ3v) is 8.20. The molecule has 0 bridgehead atoms. The van der Waals surface area contributed by atoms with Crippen LogP contribution in [0.5, 0.6) is 0 Å². The van der Waals surface area contributed by atoms with Crippen LogP contribution in [0.1, 0.15) is 69.7 Å². The van der Waals surface area contributed by atoms with Crippen LogP contribution in [0.3, 0.4) is 0 Å². The van der Waals surface area contributed by atoms with Gasteiger partial charge in [0.05, 0.1) is 12.6 Å². The molecule has 3 fully saturated rings. The van der Waals surface area contributed by atoms with Gasteiger partial charge in [-0.25, -0.2) is 0 Å². The van der Waals surface area contributed by atoms with Gasteiger partial charge in [-0.15, -0.1) is 0 Å². The van der Waals surface area contributed by atoms with Gasteiger partial charge in [-0.2, -0.15) is 0 Å². The highest BCUT2D eigenvalue weighted by atomic mass is 16.2. The zero-order valence-corrected chi connectivity index (χ0v) is 23.7. The lowest BCUT2D eigenvalue weighted by molar-refractivity contribution is -0.142. The molecule has 2 N–H and O–H groups in total. The lowest BCUT2D eigenvalue weighted by Crippen LogP contribution is -2.59. The van der Waals surface area contributed by atoms with Crippen LogP contribution >= 0.6 is 0 Å². The van der Waals surface area contributed by atoms with Crippen LogP contribution in [0.25, 0.3) is 0 Å². The summed E-state index contributed by atoms with van der Waals surface area (Å²) in [6.07, 6.45) is 3.68. The summed E-state index contributed by atoms with van der Waals surface area (Å²) in [7, 11) is 3.84. The van der Waals surface area contributed by atoms with Crippen molar-refractivity contribution in [2.75, 3.05) is 32.1 Å². The highest BCUT2D eigenvalue weighted by Gasteiger charge is 2.56. The van der Waals surface area contributed by atoms with Crippen LogP contribution < -0.4 is 15.5 Å². The fourth-order valence-electron chi connectivity index (χ4n) is 6.37. The zero-order valence-electron chi connectivity index (χ0n) is 23.7. The summed E-state index contributed by atoms with van der Waals surface area (Å²) in [5.74, 6) is -1.18. The smallest absolute Gasteiger partial charge is 0.251 e. The normalized spacial score (nSPS) is 22.6. The van der Waals surface area contributed by atoms with E-state index in [0.29, 0.717) is 37.8 Å². The molecule has 2 saturated heterocycles. The Morgan fingerprint density at radius 3 is 2.26 bits per heavy atom. The van der Waals surface area contributed by atoms with Gasteiger partial charge < -0.3 is 25.3 Å². The quantitative estimate of drug-likeness (QED) is 0.519. The van der Waals surface area contributed by atoms with Gasteiger partial charge in [-0.3, -0.25) is 24.0 Å². The molecule has 0 aromatic heterocycles. The summed E-state index contributed by atoms with van der Waals surface area (Å²) in [5.41, 5.74) is 0.436. The second kappa shape index (κ2) is 11.4. The van der Waals surface area contributed by atoms with E-state index in [0.717, 1.165) is 18.5 Å². The SMILES string of the molecule is CC(=O)NC1(C(=O)N2CC(=O)C3C2CCN3C(=O)C(CC(C)C)NC(=O)c2ccc(N(C)C)cc2)CCCC1. The van der Waals surface area contributed by atoms with Crippen molar-refractivity contribution in [2.24, 2.45) is 5.92 Å². The molecule has 4 amide bonds. The van der Waals surface area contributed by atoms with Crippen LogP contribution in [-0.4, -0.2) is 90.1 Å². The van der Waals surface area contributed by atoms with E-state index < -0.39 is 23.7 Å². The molecule has 4 rings (SSSR count). The first-order chi connectivity index (χ1) is 18.4. The van der Waals surface area contributed by atoms with E-state index >= 15 is 0 Å². The highest BCUT2D eigenvalue weighted by Crippen LogP contribution is 2.37. The van der Waals surface area contributed by atoms with Gasteiger partial charge in [0, 0.05) is 38.8 Å². The first kappa shape index (κ1) is 28.6. The van der Waals surface area contributed by atoms with E-state index in [2.05, 4.69) is 10.6 Å². The van der Waals surface area contributed by atoms with Crippen LogP contribution in [0.4, 0.5) is 5.69 Å². The molecule has 3 aliphatic rings. The van der Waals surface area contributed by atoms with Gasteiger partial charge in [-0.05, 0) is 55.9 Å². The number of carbonyl (C=O) groups is 5. The van der Waals surface area contributed by atoms with Crippen molar-refractivity contribution in [1.29, 1.82) is 0 Å². The lowest BCUT2D eigenvalue weighted by atomic mass is 9.94. The van der Waals surface area contributed by atoms with E-state index in [-0.39, 0.29) is 41.9 Å². The predicted molar refractivity (Wildman–Crippen MR) is 147 cm³/mol. The molecule has 3 unspecified atom stereocenters. The molecule has 212 valence electrons. The Morgan fingerprint density at radius 1 is 1.05 bits per heavy atom. The number of benzene rings is 1. The summed E-state index contributed by atoms with van der Waals surface area (Å²) in [5, 5.41) is 5.78. The molecule has 1 aliphatic carbocycles. The van der Waals surface area contributed by atoms with E-state index in [1.54, 1.807) is 21.9 Å². The number of Topliss-reactive ketones (excluding diaryl/α,β-unsaturated/α-hetero) is 1. The van der Waals surface area contributed by atoms with E-state index in [4.69, 9.17) is 0 Å². The molecule has 2 aliphatic heterocycles. The minimum atomic E-state index is -0.977. The fraction of sp³-hybridized carbons (Fsp3) is 0.621. The van der Waals surface area contributed by atoms with Crippen molar-refractivity contribution in [3.05, 3.63) is 29.8 Å².